The Hall–Kier alpha value is -2.82. The maximum absolute atomic E-state index is 12.0. The average Bonchev–Trinajstić information content (AvgIpc) is 2.91. The Bertz CT molecular complexity index is 683. The van der Waals surface area contributed by atoms with Crippen LogP contribution in [0.2, 0.25) is 0 Å². The van der Waals surface area contributed by atoms with E-state index in [1.54, 1.807) is 29.2 Å². The molecule has 0 unspecified atom stereocenters. The number of ether oxygens (including phenoxy) is 1. The first kappa shape index (κ1) is 14.1. The largest absolute Gasteiger partial charge is 0.457 e. The van der Waals surface area contributed by atoms with Crippen LogP contribution in [-0.2, 0) is 9.59 Å². The van der Waals surface area contributed by atoms with Gasteiger partial charge >= 0.3 is 0 Å². The summed E-state index contributed by atoms with van der Waals surface area (Å²) in [7, 11) is 0. The van der Waals surface area contributed by atoms with E-state index in [9.17, 15) is 9.59 Å². The molecule has 3 rings (SSSR count). The summed E-state index contributed by atoms with van der Waals surface area (Å²) in [5, 5.41) is 0. The fraction of sp³-hybridized carbons (Fsp3) is 0.176. The van der Waals surface area contributed by atoms with Crippen LogP contribution in [0.3, 0.4) is 0 Å². The van der Waals surface area contributed by atoms with Crippen LogP contribution in [0.15, 0.2) is 54.6 Å². The topological polar surface area (TPSA) is 72.6 Å². The molecular formula is C17H16N2O3. The van der Waals surface area contributed by atoms with E-state index in [-0.39, 0.29) is 12.3 Å². The van der Waals surface area contributed by atoms with E-state index in [0.717, 1.165) is 11.4 Å². The number of benzene rings is 2. The zero-order chi connectivity index (χ0) is 15.5. The van der Waals surface area contributed by atoms with E-state index in [1.807, 2.05) is 30.3 Å². The lowest BCUT2D eigenvalue weighted by Gasteiger charge is -2.16. The first-order valence-corrected chi connectivity index (χ1v) is 7.06. The molecule has 1 atom stereocenters. The molecule has 2 aromatic carbocycles. The van der Waals surface area contributed by atoms with Gasteiger partial charge in [-0.2, -0.15) is 0 Å². The molecule has 22 heavy (non-hydrogen) atoms. The van der Waals surface area contributed by atoms with Crippen LogP contribution < -0.4 is 15.4 Å². The summed E-state index contributed by atoms with van der Waals surface area (Å²) in [6, 6.07) is 16.7. The molecule has 0 aromatic heterocycles. The van der Waals surface area contributed by atoms with Crippen molar-refractivity contribution in [3.8, 4) is 11.5 Å². The number of rotatable bonds is 4. The second kappa shape index (κ2) is 5.89. The highest BCUT2D eigenvalue weighted by Gasteiger charge is 2.33. The summed E-state index contributed by atoms with van der Waals surface area (Å²) in [4.78, 5) is 24.7. The van der Waals surface area contributed by atoms with Gasteiger partial charge in [0, 0.05) is 18.7 Å². The Kier molecular flexibility index (Phi) is 3.78. The molecule has 0 saturated carbocycles. The van der Waals surface area contributed by atoms with Gasteiger partial charge in [-0.25, -0.2) is 0 Å². The van der Waals surface area contributed by atoms with E-state index >= 15 is 0 Å². The van der Waals surface area contributed by atoms with Crippen LogP contribution in [0.1, 0.15) is 6.42 Å². The van der Waals surface area contributed by atoms with Gasteiger partial charge < -0.3 is 15.4 Å². The number of anilines is 1. The molecule has 1 heterocycles. The van der Waals surface area contributed by atoms with Gasteiger partial charge in [-0.1, -0.05) is 18.2 Å². The van der Waals surface area contributed by atoms with Gasteiger partial charge in [-0.15, -0.1) is 0 Å². The minimum atomic E-state index is -0.431. The number of nitrogens with zero attached hydrogens (tertiary/aromatic N) is 1. The highest BCUT2D eigenvalue weighted by molar-refractivity contribution is 6.00. The lowest BCUT2D eigenvalue weighted by atomic mass is 10.1. The fourth-order valence-corrected chi connectivity index (χ4v) is 2.47. The molecule has 1 fully saturated rings. The van der Waals surface area contributed by atoms with Gasteiger partial charge in [0.1, 0.15) is 11.5 Å². The number of hydrogen-bond donors (Lipinski definition) is 1. The van der Waals surface area contributed by atoms with Gasteiger partial charge in [-0.05, 0) is 36.4 Å². The van der Waals surface area contributed by atoms with Gasteiger partial charge in [0.25, 0.3) is 0 Å². The molecule has 5 nitrogen and oxygen atoms in total. The van der Waals surface area contributed by atoms with E-state index < -0.39 is 11.8 Å². The van der Waals surface area contributed by atoms with E-state index in [4.69, 9.17) is 10.5 Å². The van der Waals surface area contributed by atoms with Crippen molar-refractivity contribution in [3.05, 3.63) is 54.6 Å². The maximum atomic E-state index is 12.0. The normalized spacial score (nSPS) is 17.5. The van der Waals surface area contributed by atoms with Crippen LogP contribution in [0, 0.1) is 5.92 Å². The Morgan fingerprint density at radius 3 is 2.27 bits per heavy atom. The Balaban J connectivity index is 1.72. The van der Waals surface area contributed by atoms with Crippen LogP contribution in [0.25, 0.3) is 0 Å². The van der Waals surface area contributed by atoms with E-state index in [2.05, 4.69) is 0 Å². The summed E-state index contributed by atoms with van der Waals surface area (Å²) < 4.78 is 5.70. The second-order valence-electron chi connectivity index (χ2n) is 5.22. The third kappa shape index (κ3) is 2.93. The highest BCUT2D eigenvalue weighted by atomic mass is 16.5. The number of carbonyl (C=O) groups is 2. The molecule has 5 heteroatoms. The quantitative estimate of drug-likeness (QED) is 0.941. The van der Waals surface area contributed by atoms with E-state index in [1.165, 1.54) is 0 Å². The second-order valence-corrected chi connectivity index (χ2v) is 5.22. The van der Waals surface area contributed by atoms with Gasteiger partial charge in [0.15, 0.2) is 0 Å². The van der Waals surface area contributed by atoms with Crippen molar-refractivity contribution in [2.75, 3.05) is 11.4 Å². The van der Waals surface area contributed by atoms with Gasteiger partial charge in [-0.3, -0.25) is 9.59 Å². The molecule has 0 radical (unpaired) electrons. The molecule has 2 aromatic rings. The molecule has 1 saturated heterocycles. The van der Waals surface area contributed by atoms with Crippen molar-refractivity contribution >= 4 is 17.5 Å². The predicted octanol–water partition coefficient (Wildman–Crippen LogP) is 2.32. The van der Waals surface area contributed by atoms with Crippen molar-refractivity contribution in [2.24, 2.45) is 11.7 Å². The van der Waals surface area contributed by atoms with Crippen LogP contribution in [-0.4, -0.2) is 18.4 Å². The number of amides is 2. The minimum Gasteiger partial charge on any atom is -0.457 e. The molecule has 0 aliphatic carbocycles. The lowest BCUT2D eigenvalue weighted by Crippen LogP contribution is -2.28. The number of carbonyl (C=O) groups excluding carboxylic acids is 2. The average molecular weight is 296 g/mol. The lowest BCUT2D eigenvalue weighted by molar-refractivity contribution is -0.123. The zero-order valence-corrected chi connectivity index (χ0v) is 11.9. The smallest absolute Gasteiger partial charge is 0.227 e. The molecular weight excluding hydrogens is 280 g/mol. The predicted molar refractivity (Wildman–Crippen MR) is 82.6 cm³/mol. The van der Waals surface area contributed by atoms with E-state index in [0.29, 0.717) is 12.3 Å². The van der Waals surface area contributed by atoms with Crippen molar-refractivity contribution in [3.63, 3.8) is 0 Å². The van der Waals surface area contributed by atoms with Gasteiger partial charge in [0.2, 0.25) is 11.8 Å². The summed E-state index contributed by atoms with van der Waals surface area (Å²) in [5.74, 6) is 0.516. The Morgan fingerprint density at radius 1 is 1.05 bits per heavy atom. The number of hydrogen-bond acceptors (Lipinski definition) is 3. The zero-order valence-electron chi connectivity index (χ0n) is 11.9. The molecule has 2 amide bonds. The maximum Gasteiger partial charge on any atom is 0.227 e. The first-order valence-electron chi connectivity index (χ1n) is 7.06. The Morgan fingerprint density at radius 2 is 1.68 bits per heavy atom. The first-order chi connectivity index (χ1) is 10.6. The monoisotopic (exact) mass is 296 g/mol. The summed E-state index contributed by atoms with van der Waals surface area (Å²) in [6.45, 7) is 0.340. The minimum absolute atomic E-state index is 0.0828. The van der Waals surface area contributed by atoms with Crippen molar-refractivity contribution in [1.29, 1.82) is 0 Å². The number of primary amides is 1. The molecule has 1 aliphatic heterocycles. The SMILES string of the molecule is NC(=O)[C@H]1CC(=O)N(c2ccc(Oc3ccccc3)cc2)C1. The molecule has 1 aliphatic rings. The fourth-order valence-electron chi connectivity index (χ4n) is 2.47. The molecule has 2 N–H and O–H groups in total. The number of para-hydroxylation sites is 1. The summed E-state index contributed by atoms with van der Waals surface area (Å²) >= 11 is 0. The third-order valence-electron chi connectivity index (χ3n) is 3.65. The van der Waals surface area contributed by atoms with Gasteiger partial charge in [0.05, 0.1) is 5.92 Å². The Labute approximate surface area is 128 Å². The van der Waals surface area contributed by atoms with Crippen molar-refractivity contribution in [1.82, 2.24) is 0 Å². The summed E-state index contributed by atoms with van der Waals surface area (Å²) in [5.41, 5.74) is 6.02. The van der Waals surface area contributed by atoms with Crippen LogP contribution in [0.5, 0.6) is 11.5 Å². The highest BCUT2D eigenvalue weighted by Crippen LogP contribution is 2.28. The summed E-state index contributed by atoms with van der Waals surface area (Å²) in [6.07, 6.45) is 0.178. The molecule has 0 bridgehead atoms. The van der Waals surface area contributed by atoms with Crippen LogP contribution in [0.4, 0.5) is 5.69 Å². The number of nitrogens with two attached hydrogens (primary N) is 1. The van der Waals surface area contributed by atoms with Crippen molar-refractivity contribution < 1.29 is 14.3 Å². The van der Waals surface area contributed by atoms with Crippen molar-refractivity contribution in [2.45, 2.75) is 6.42 Å². The standard InChI is InChI=1S/C17H16N2O3/c18-17(21)12-10-16(20)19(11-12)13-6-8-15(9-7-13)22-14-4-2-1-3-5-14/h1-9,12H,10-11H2,(H2,18,21)/t12-/m0/s1. The molecule has 0 spiro atoms. The third-order valence-corrected chi connectivity index (χ3v) is 3.65. The van der Waals surface area contributed by atoms with Crippen LogP contribution >= 0.6 is 0 Å². The molecule has 112 valence electrons.